The largest absolute Gasteiger partial charge is 0.481 e. The molecule has 0 aromatic rings. The number of likely N-dealkylation sites (tertiary alicyclic amines) is 1. The molecule has 3 rings (SSSR count). The number of aliphatic carboxylic acids is 1. The van der Waals surface area contributed by atoms with Crippen molar-refractivity contribution in [2.24, 2.45) is 0 Å². The minimum atomic E-state index is -0.758. The molecule has 2 heterocycles. The lowest BCUT2D eigenvalue weighted by Crippen LogP contribution is -2.49. The van der Waals surface area contributed by atoms with Crippen LogP contribution in [-0.2, 0) is 9.53 Å². The number of carboxylic acids is 1. The highest BCUT2D eigenvalue weighted by molar-refractivity contribution is 5.67. The zero-order chi connectivity index (χ0) is 13.4. The number of ether oxygens (including phenoxy) is 1. The van der Waals surface area contributed by atoms with Crippen molar-refractivity contribution in [3.05, 3.63) is 0 Å². The zero-order valence-electron chi connectivity index (χ0n) is 11.6. The molecule has 3 fully saturated rings. The molecule has 0 spiro atoms. The highest BCUT2D eigenvalue weighted by Crippen LogP contribution is 2.35. The summed E-state index contributed by atoms with van der Waals surface area (Å²) in [7, 11) is 0. The Morgan fingerprint density at radius 2 is 2.11 bits per heavy atom. The van der Waals surface area contributed by atoms with Gasteiger partial charge in [0, 0.05) is 37.8 Å². The van der Waals surface area contributed by atoms with E-state index in [-0.39, 0.29) is 12.5 Å². The van der Waals surface area contributed by atoms with Gasteiger partial charge in [-0.15, -0.1) is 0 Å². The van der Waals surface area contributed by atoms with Gasteiger partial charge in [-0.1, -0.05) is 0 Å². The van der Waals surface area contributed by atoms with Crippen molar-refractivity contribution in [1.82, 2.24) is 9.80 Å². The Hall–Kier alpha value is -0.650. The predicted octanol–water partition coefficient (Wildman–Crippen LogP) is 0.787. The van der Waals surface area contributed by atoms with E-state index in [1.165, 1.54) is 19.3 Å². The number of carboxylic acid groups (broad SMARTS) is 1. The first kappa shape index (κ1) is 13.3. The van der Waals surface area contributed by atoms with Gasteiger partial charge in [0.05, 0.1) is 19.1 Å². The van der Waals surface area contributed by atoms with E-state index in [0.717, 1.165) is 25.7 Å². The summed E-state index contributed by atoms with van der Waals surface area (Å²) in [4.78, 5) is 15.9. The van der Waals surface area contributed by atoms with Crippen LogP contribution in [0.15, 0.2) is 0 Å². The predicted molar refractivity (Wildman–Crippen MR) is 71.2 cm³/mol. The molecule has 1 N–H and O–H groups in total. The lowest BCUT2D eigenvalue weighted by atomic mass is 10.1. The molecule has 3 atom stereocenters. The molecule has 5 nitrogen and oxygen atoms in total. The number of morpholine rings is 1. The van der Waals surface area contributed by atoms with Crippen LogP contribution in [0.3, 0.4) is 0 Å². The summed E-state index contributed by atoms with van der Waals surface area (Å²) >= 11 is 0. The van der Waals surface area contributed by atoms with Crippen LogP contribution < -0.4 is 0 Å². The molecule has 0 aromatic heterocycles. The number of hydrogen-bond acceptors (Lipinski definition) is 4. The number of carbonyl (C=O) groups is 1. The van der Waals surface area contributed by atoms with Crippen molar-refractivity contribution in [2.45, 2.75) is 56.8 Å². The smallest absolute Gasteiger partial charge is 0.306 e. The zero-order valence-corrected chi connectivity index (χ0v) is 11.6. The SMILES string of the molecule is CC1CC(N2CCOC(CC(=O)O)C2)CN1C1CC1. The second-order valence-corrected chi connectivity index (χ2v) is 6.25. The summed E-state index contributed by atoms with van der Waals surface area (Å²) in [5.74, 6) is -0.758. The van der Waals surface area contributed by atoms with Crippen LogP contribution in [0.1, 0.15) is 32.6 Å². The molecule has 0 bridgehead atoms. The number of rotatable bonds is 4. The van der Waals surface area contributed by atoms with Crippen LogP contribution in [0.4, 0.5) is 0 Å². The second kappa shape index (κ2) is 5.38. The van der Waals surface area contributed by atoms with Gasteiger partial charge in [-0.25, -0.2) is 0 Å². The standard InChI is InChI=1S/C14H24N2O3/c1-10-6-12(8-16(10)11-2-3-11)15-4-5-19-13(9-15)7-14(17)18/h10-13H,2-9H2,1H3,(H,17,18). The van der Waals surface area contributed by atoms with Gasteiger partial charge >= 0.3 is 5.97 Å². The third-order valence-electron chi connectivity index (χ3n) is 4.71. The van der Waals surface area contributed by atoms with Gasteiger partial charge in [0.15, 0.2) is 0 Å². The van der Waals surface area contributed by atoms with E-state index in [1.54, 1.807) is 0 Å². The third kappa shape index (κ3) is 3.09. The summed E-state index contributed by atoms with van der Waals surface area (Å²) in [6.07, 6.45) is 3.95. The van der Waals surface area contributed by atoms with Gasteiger partial charge in [-0.3, -0.25) is 14.6 Å². The average molecular weight is 268 g/mol. The van der Waals surface area contributed by atoms with E-state index in [4.69, 9.17) is 9.84 Å². The molecule has 1 saturated carbocycles. The molecule has 19 heavy (non-hydrogen) atoms. The van der Waals surface area contributed by atoms with Crippen LogP contribution in [0.2, 0.25) is 0 Å². The molecule has 1 aliphatic carbocycles. The third-order valence-corrected chi connectivity index (χ3v) is 4.71. The van der Waals surface area contributed by atoms with E-state index >= 15 is 0 Å². The topological polar surface area (TPSA) is 53.0 Å². The molecule has 0 amide bonds. The van der Waals surface area contributed by atoms with E-state index < -0.39 is 5.97 Å². The lowest BCUT2D eigenvalue weighted by Gasteiger charge is -2.36. The van der Waals surface area contributed by atoms with Gasteiger partial charge < -0.3 is 9.84 Å². The van der Waals surface area contributed by atoms with Crippen LogP contribution in [-0.4, -0.2) is 71.3 Å². The molecule has 3 aliphatic rings. The minimum absolute atomic E-state index is 0.128. The molecule has 0 radical (unpaired) electrons. The minimum Gasteiger partial charge on any atom is -0.481 e. The Balaban J connectivity index is 1.55. The fourth-order valence-electron chi connectivity index (χ4n) is 3.60. The summed E-state index contributed by atoms with van der Waals surface area (Å²) in [6.45, 7) is 5.89. The monoisotopic (exact) mass is 268 g/mol. The van der Waals surface area contributed by atoms with Gasteiger partial charge in [-0.05, 0) is 26.2 Å². The van der Waals surface area contributed by atoms with Crippen LogP contribution in [0.5, 0.6) is 0 Å². The molecule has 2 aliphatic heterocycles. The van der Waals surface area contributed by atoms with Gasteiger partial charge in [0.2, 0.25) is 0 Å². The molecule has 108 valence electrons. The van der Waals surface area contributed by atoms with E-state index in [0.29, 0.717) is 18.7 Å². The molecular weight excluding hydrogens is 244 g/mol. The molecule has 0 aromatic carbocycles. The maximum Gasteiger partial charge on any atom is 0.306 e. The van der Waals surface area contributed by atoms with Gasteiger partial charge in [0.25, 0.3) is 0 Å². The van der Waals surface area contributed by atoms with Crippen molar-refractivity contribution in [3.8, 4) is 0 Å². The van der Waals surface area contributed by atoms with Crippen molar-refractivity contribution in [1.29, 1.82) is 0 Å². The van der Waals surface area contributed by atoms with Gasteiger partial charge in [-0.2, -0.15) is 0 Å². The summed E-state index contributed by atoms with van der Waals surface area (Å²) < 4.78 is 5.56. The summed E-state index contributed by atoms with van der Waals surface area (Å²) in [5, 5.41) is 8.88. The van der Waals surface area contributed by atoms with Crippen molar-refractivity contribution >= 4 is 5.97 Å². The molecule has 3 unspecified atom stereocenters. The molecule has 5 heteroatoms. The van der Waals surface area contributed by atoms with Crippen molar-refractivity contribution in [2.75, 3.05) is 26.2 Å². The first-order chi connectivity index (χ1) is 9.13. The second-order valence-electron chi connectivity index (χ2n) is 6.25. The highest BCUT2D eigenvalue weighted by atomic mass is 16.5. The quantitative estimate of drug-likeness (QED) is 0.817. The van der Waals surface area contributed by atoms with Crippen LogP contribution in [0.25, 0.3) is 0 Å². The maximum atomic E-state index is 10.8. The van der Waals surface area contributed by atoms with Gasteiger partial charge in [0.1, 0.15) is 0 Å². The molecule has 2 saturated heterocycles. The fraction of sp³-hybridized carbons (Fsp3) is 0.929. The summed E-state index contributed by atoms with van der Waals surface area (Å²) in [6, 6.07) is 2.10. The Bertz CT molecular complexity index is 346. The number of nitrogens with zero attached hydrogens (tertiary/aromatic N) is 2. The van der Waals surface area contributed by atoms with E-state index in [1.807, 2.05) is 0 Å². The van der Waals surface area contributed by atoms with Crippen molar-refractivity contribution in [3.63, 3.8) is 0 Å². The maximum absolute atomic E-state index is 10.8. The van der Waals surface area contributed by atoms with Crippen LogP contribution in [0, 0.1) is 0 Å². The fourth-order valence-corrected chi connectivity index (χ4v) is 3.60. The van der Waals surface area contributed by atoms with Crippen LogP contribution >= 0.6 is 0 Å². The van der Waals surface area contributed by atoms with E-state index in [9.17, 15) is 4.79 Å². The van der Waals surface area contributed by atoms with E-state index in [2.05, 4.69) is 16.7 Å². The first-order valence-electron chi connectivity index (χ1n) is 7.46. The Morgan fingerprint density at radius 1 is 1.32 bits per heavy atom. The normalized spacial score (nSPS) is 37.6. The average Bonchev–Trinajstić information content (AvgIpc) is 3.12. The first-order valence-corrected chi connectivity index (χ1v) is 7.46. The Morgan fingerprint density at radius 3 is 2.79 bits per heavy atom. The Kier molecular flexibility index (Phi) is 3.78. The lowest BCUT2D eigenvalue weighted by molar-refractivity contribution is -0.142. The molecular formula is C14H24N2O3. The van der Waals surface area contributed by atoms with Crippen molar-refractivity contribution < 1.29 is 14.6 Å². The highest BCUT2D eigenvalue weighted by Gasteiger charge is 2.41. The number of hydrogen-bond donors (Lipinski definition) is 1. The summed E-state index contributed by atoms with van der Waals surface area (Å²) in [5.41, 5.74) is 0. The Labute approximate surface area is 114 Å².